The summed E-state index contributed by atoms with van der Waals surface area (Å²) in [4.78, 5) is 24.6. The van der Waals surface area contributed by atoms with Crippen molar-refractivity contribution in [2.75, 3.05) is 5.32 Å². The molecule has 0 aromatic heterocycles. The third-order valence-electron chi connectivity index (χ3n) is 4.21. The smallest absolute Gasteiger partial charge is 0.338 e. The number of amides is 1. The SMILES string of the molecule is NC(Cc1ccccc1)C(=O)Nc1cccc(C(=O)OCc2ccccc2)c1. The van der Waals surface area contributed by atoms with Crippen molar-refractivity contribution in [2.24, 2.45) is 5.73 Å². The third kappa shape index (κ3) is 5.53. The molecule has 5 nitrogen and oxygen atoms in total. The molecule has 3 rings (SSSR count). The summed E-state index contributed by atoms with van der Waals surface area (Å²) in [5.74, 6) is -0.757. The summed E-state index contributed by atoms with van der Waals surface area (Å²) >= 11 is 0. The molecule has 0 spiro atoms. The highest BCUT2D eigenvalue weighted by atomic mass is 16.5. The normalized spacial score (nSPS) is 11.5. The van der Waals surface area contributed by atoms with Crippen LogP contribution >= 0.6 is 0 Å². The van der Waals surface area contributed by atoms with Crippen LogP contribution in [0.15, 0.2) is 84.9 Å². The van der Waals surface area contributed by atoms with Gasteiger partial charge >= 0.3 is 5.97 Å². The second kappa shape index (κ2) is 9.48. The third-order valence-corrected chi connectivity index (χ3v) is 4.21. The minimum absolute atomic E-state index is 0.193. The summed E-state index contributed by atoms with van der Waals surface area (Å²) in [6, 6.07) is 25.0. The maximum absolute atomic E-state index is 12.4. The first-order valence-electron chi connectivity index (χ1n) is 9.03. The van der Waals surface area contributed by atoms with Crippen LogP contribution in [0.2, 0.25) is 0 Å². The minimum atomic E-state index is -0.684. The fourth-order valence-corrected chi connectivity index (χ4v) is 2.73. The van der Waals surface area contributed by atoms with Crippen molar-refractivity contribution in [1.82, 2.24) is 0 Å². The van der Waals surface area contributed by atoms with Crippen LogP contribution in [0, 0.1) is 0 Å². The van der Waals surface area contributed by atoms with Crippen LogP contribution in [0.4, 0.5) is 5.69 Å². The first-order chi connectivity index (χ1) is 13.6. The molecule has 1 unspecified atom stereocenters. The van der Waals surface area contributed by atoms with Crippen molar-refractivity contribution in [3.8, 4) is 0 Å². The van der Waals surface area contributed by atoms with Gasteiger partial charge in [-0.1, -0.05) is 66.7 Å². The highest BCUT2D eigenvalue weighted by Gasteiger charge is 2.15. The van der Waals surface area contributed by atoms with Gasteiger partial charge in [0.15, 0.2) is 0 Å². The molecule has 0 aliphatic carbocycles. The molecule has 3 aromatic carbocycles. The van der Waals surface area contributed by atoms with Gasteiger partial charge in [0, 0.05) is 5.69 Å². The van der Waals surface area contributed by atoms with E-state index in [0.29, 0.717) is 17.7 Å². The Bertz CT molecular complexity index is 927. The number of carbonyl (C=O) groups is 2. The Hall–Kier alpha value is -3.44. The van der Waals surface area contributed by atoms with Crippen LogP contribution in [-0.4, -0.2) is 17.9 Å². The van der Waals surface area contributed by atoms with E-state index in [1.165, 1.54) is 0 Å². The molecule has 0 saturated carbocycles. The van der Waals surface area contributed by atoms with E-state index >= 15 is 0 Å². The van der Waals surface area contributed by atoms with E-state index in [1.54, 1.807) is 24.3 Å². The van der Waals surface area contributed by atoms with E-state index in [9.17, 15) is 9.59 Å². The van der Waals surface area contributed by atoms with E-state index in [4.69, 9.17) is 10.5 Å². The van der Waals surface area contributed by atoms with Crippen LogP contribution in [0.3, 0.4) is 0 Å². The first-order valence-corrected chi connectivity index (χ1v) is 9.03. The van der Waals surface area contributed by atoms with Gasteiger partial charge in [-0.3, -0.25) is 4.79 Å². The highest BCUT2D eigenvalue weighted by molar-refractivity contribution is 5.97. The molecule has 0 radical (unpaired) electrons. The molecule has 142 valence electrons. The number of ether oxygens (including phenoxy) is 1. The lowest BCUT2D eigenvalue weighted by Crippen LogP contribution is -2.37. The molecule has 5 heteroatoms. The number of rotatable bonds is 7. The van der Waals surface area contributed by atoms with Crippen LogP contribution in [0.5, 0.6) is 0 Å². The molecule has 0 heterocycles. The van der Waals surface area contributed by atoms with Crippen molar-refractivity contribution in [2.45, 2.75) is 19.1 Å². The number of carbonyl (C=O) groups excluding carboxylic acids is 2. The molecule has 0 aliphatic heterocycles. The molecule has 3 N–H and O–H groups in total. The van der Waals surface area contributed by atoms with Gasteiger partial charge in [0.25, 0.3) is 0 Å². The van der Waals surface area contributed by atoms with Crippen LogP contribution in [0.1, 0.15) is 21.5 Å². The predicted molar refractivity (Wildman–Crippen MR) is 109 cm³/mol. The van der Waals surface area contributed by atoms with Crippen molar-refractivity contribution in [1.29, 1.82) is 0 Å². The molecule has 3 aromatic rings. The Balaban J connectivity index is 1.57. The van der Waals surface area contributed by atoms with Gasteiger partial charge in [-0.2, -0.15) is 0 Å². The van der Waals surface area contributed by atoms with Crippen molar-refractivity contribution in [3.05, 3.63) is 102 Å². The maximum Gasteiger partial charge on any atom is 0.338 e. The van der Waals surface area contributed by atoms with Gasteiger partial charge in [-0.25, -0.2) is 4.79 Å². The van der Waals surface area contributed by atoms with Gasteiger partial charge in [0.2, 0.25) is 5.91 Å². The van der Waals surface area contributed by atoms with E-state index in [-0.39, 0.29) is 12.5 Å². The summed E-state index contributed by atoms with van der Waals surface area (Å²) in [5.41, 5.74) is 8.77. The first kappa shape index (κ1) is 19.3. The number of benzene rings is 3. The standard InChI is InChI=1S/C23H22N2O3/c24-21(14-17-8-3-1-4-9-17)22(26)25-20-13-7-12-19(15-20)23(27)28-16-18-10-5-2-6-11-18/h1-13,15,21H,14,16,24H2,(H,25,26). The van der Waals surface area contributed by atoms with Crippen LogP contribution < -0.4 is 11.1 Å². The van der Waals surface area contributed by atoms with Gasteiger partial charge in [-0.15, -0.1) is 0 Å². The molecular formula is C23H22N2O3. The van der Waals surface area contributed by atoms with Gasteiger partial charge in [0.1, 0.15) is 6.61 Å². The average molecular weight is 374 g/mol. The summed E-state index contributed by atoms with van der Waals surface area (Å²) < 4.78 is 5.32. The summed E-state index contributed by atoms with van der Waals surface area (Å²) in [5, 5.41) is 2.76. The summed E-state index contributed by atoms with van der Waals surface area (Å²) in [7, 11) is 0. The number of hydrogen-bond acceptors (Lipinski definition) is 4. The zero-order valence-corrected chi connectivity index (χ0v) is 15.4. The molecule has 28 heavy (non-hydrogen) atoms. The van der Waals surface area contributed by atoms with Gasteiger partial charge in [-0.05, 0) is 35.7 Å². The fourth-order valence-electron chi connectivity index (χ4n) is 2.73. The molecule has 0 aliphatic rings. The molecule has 1 atom stereocenters. The van der Waals surface area contributed by atoms with E-state index < -0.39 is 12.0 Å². The summed E-state index contributed by atoms with van der Waals surface area (Å²) in [6.45, 7) is 0.193. The Morgan fingerprint density at radius 1 is 0.857 bits per heavy atom. The second-order valence-corrected chi connectivity index (χ2v) is 6.43. The number of nitrogens with two attached hydrogens (primary N) is 1. The van der Waals surface area contributed by atoms with Crippen LogP contribution in [-0.2, 0) is 22.6 Å². The van der Waals surface area contributed by atoms with E-state index in [0.717, 1.165) is 11.1 Å². The van der Waals surface area contributed by atoms with Crippen LogP contribution in [0.25, 0.3) is 0 Å². The monoisotopic (exact) mass is 374 g/mol. The highest BCUT2D eigenvalue weighted by Crippen LogP contribution is 2.14. The zero-order chi connectivity index (χ0) is 19.8. The number of anilines is 1. The zero-order valence-electron chi connectivity index (χ0n) is 15.4. The number of esters is 1. The maximum atomic E-state index is 12.4. The van der Waals surface area contributed by atoms with E-state index in [1.807, 2.05) is 60.7 Å². The minimum Gasteiger partial charge on any atom is -0.457 e. The molecule has 0 saturated heterocycles. The topological polar surface area (TPSA) is 81.4 Å². The quantitative estimate of drug-likeness (QED) is 0.620. The lowest BCUT2D eigenvalue weighted by molar-refractivity contribution is -0.117. The van der Waals surface area contributed by atoms with Gasteiger partial charge < -0.3 is 15.8 Å². The number of hydrogen-bond donors (Lipinski definition) is 2. The fraction of sp³-hybridized carbons (Fsp3) is 0.130. The Morgan fingerprint density at radius 2 is 1.50 bits per heavy atom. The number of nitrogens with one attached hydrogen (secondary N) is 1. The molecule has 0 bridgehead atoms. The van der Waals surface area contributed by atoms with Crippen molar-refractivity contribution >= 4 is 17.6 Å². The van der Waals surface area contributed by atoms with E-state index in [2.05, 4.69) is 5.32 Å². The largest absolute Gasteiger partial charge is 0.457 e. The second-order valence-electron chi connectivity index (χ2n) is 6.43. The van der Waals surface area contributed by atoms with Crippen molar-refractivity contribution < 1.29 is 14.3 Å². The Labute approximate surface area is 164 Å². The lowest BCUT2D eigenvalue weighted by Gasteiger charge is -2.13. The van der Waals surface area contributed by atoms with Gasteiger partial charge in [0.05, 0.1) is 11.6 Å². The summed E-state index contributed by atoms with van der Waals surface area (Å²) in [6.07, 6.45) is 0.436. The predicted octanol–water partition coefficient (Wildman–Crippen LogP) is 3.55. The lowest BCUT2D eigenvalue weighted by atomic mass is 10.1. The average Bonchev–Trinajstić information content (AvgIpc) is 2.73. The van der Waals surface area contributed by atoms with Crippen molar-refractivity contribution in [3.63, 3.8) is 0 Å². The molecule has 1 amide bonds. The molecule has 0 fully saturated rings. The Morgan fingerprint density at radius 3 is 2.18 bits per heavy atom. The molecular weight excluding hydrogens is 352 g/mol. The Kier molecular flexibility index (Phi) is 6.54.